The lowest BCUT2D eigenvalue weighted by Crippen LogP contribution is -2.51. The van der Waals surface area contributed by atoms with Crippen molar-refractivity contribution >= 4 is 11.8 Å². The van der Waals surface area contributed by atoms with Gasteiger partial charge in [-0.1, -0.05) is 0 Å². The van der Waals surface area contributed by atoms with E-state index in [1.807, 2.05) is 0 Å². The molecule has 0 bridgehead atoms. The zero-order chi connectivity index (χ0) is 16.8. The molecule has 1 fully saturated rings. The predicted octanol–water partition coefficient (Wildman–Crippen LogP) is -0.633. The fourth-order valence-corrected chi connectivity index (χ4v) is 2.21. The minimum Gasteiger partial charge on any atom is -0.379 e. The van der Waals surface area contributed by atoms with Gasteiger partial charge in [0.15, 0.2) is 0 Å². The second kappa shape index (κ2) is 7.89. The summed E-state index contributed by atoms with van der Waals surface area (Å²) in [5.41, 5.74) is -0.428. The van der Waals surface area contributed by atoms with Gasteiger partial charge in [0.25, 0.3) is 11.5 Å². The molecule has 1 aliphatic rings. The summed E-state index contributed by atoms with van der Waals surface area (Å²) in [7, 11) is 3.30. The molecule has 1 aromatic rings. The molecule has 2 N–H and O–H groups in total. The van der Waals surface area contributed by atoms with Crippen LogP contribution in [0.4, 0.5) is 0 Å². The summed E-state index contributed by atoms with van der Waals surface area (Å²) in [5.74, 6) is -0.643. The second-order valence-corrected chi connectivity index (χ2v) is 5.49. The van der Waals surface area contributed by atoms with Crippen LogP contribution in [0.15, 0.2) is 23.1 Å². The van der Waals surface area contributed by atoms with Gasteiger partial charge in [-0.2, -0.15) is 0 Å². The van der Waals surface area contributed by atoms with Gasteiger partial charge in [-0.3, -0.25) is 14.4 Å². The fraction of sp³-hybridized carbons (Fsp3) is 0.533. The number of nitrogens with one attached hydrogen (secondary N) is 2. The van der Waals surface area contributed by atoms with E-state index in [1.54, 1.807) is 20.2 Å². The molecular weight excluding hydrogens is 302 g/mol. The molecule has 0 radical (unpaired) electrons. The number of likely N-dealkylation sites (N-methyl/N-ethyl adjacent to an activating group) is 1. The summed E-state index contributed by atoms with van der Waals surface area (Å²) >= 11 is 0. The van der Waals surface area contributed by atoms with Crippen molar-refractivity contribution in [2.45, 2.75) is 18.6 Å². The van der Waals surface area contributed by atoms with Crippen LogP contribution in [-0.4, -0.2) is 67.8 Å². The van der Waals surface area contributed by atoms with Gasteiger partial charge in [0.2, 0.25) is 5.91 Å². The first-order valence-corrected chi connectivity index (χ1v) is 7.37. The van der Waals surface area contributed by atoms with E-state index in [1.165, 1.54) is 17.2 Å². The molecule has 8 nitrogen and oxygen atoms in total. The molecule has 1 aromatic heterocycles. The van der Waals surface area contributed by atoms with Crippen molar-refractivity contribution < 1.29 is 19.1 Å². The largest absolute Gasteiger partial charge is 0.379 e. The van der Waals surface area contributed by atoms with Gasteiger partial charge >= 0.3 is 0 Å². The molecule has 126 valence electrons. The predicted molar refractivity (Wildman–Crippen MR) is 82.2 cm³/mol. The number of rotatable bonds is 5. The highest BCUT2D eigenvalue weighted by Gasteiger charge is 2.29. The number of H-pyrrole nitrogens is 1. The maximum Gasteiger partial charge on any atom is 0.260 e. The molecule has 1 aliphatic heterocycles. The van der Waals surface area contributed by atoms with E-state index < -0.39 is 17.5 Å². The smallest absolute Gasteiger partial charge is 0.260 e. The Morgan fingerprint density at radius 2 is 2.26 bits per heavy atom. The van der Waals surface area contributed by atoms with Crippen molar-refractivity contribution in [1.82, 2.24) is 15.2 Å². The minimum absolute atomic E-state index is 0.0289. The van der Waals surface area contributed by atoms with Gasteiger partial charge in [0.05, 0.1) is 18.8 Å². The van der Waals surface area contributed by atoms with Gasteiger partial charge in [0.1, 0.15) is 12.2 Å². The summed E-state index contributed by atoms with van der Waals surface area (Å²) < 4.78 is 11.0. The molecule has 2 amide bonds. The third kappa shape index (κ3) is 4.64. The SMILES string of the molecule is CN(C)C(=O)CO[C@@H]1CCOC[C@@H]1NC(=O)c1ccc[nH]c1=O. The maximum atomic E-state index is 12.2. The summed E-state index contributed by atoms with van der Waals surface area (Å²) in [6, 6.07) is 2.62. The summed E-state index contributed by atoms with van der Waals surface area (Å²) in [4.78, 5) is 39.4. The Morgan fingerprint density at radius 3 is 2.96 bits per heavy atom. The van der Waals surface area contributed by atoms with Crippen molar-refractivity contribution in [3.8, 4) is 0 Å². The number of aromatic amines is 1. The molecule has 8 heteroatoms. The molecule has 0 spiro atoms. The lowest BCUT2D eigenvalue weighted by molar-refractivity contribution is -0.138. The second-order valence-electron chi connectivity index (χ2n) is 5.49. The van der Waals surface area contributed by atoms with Gasteiger partial charge in [-0.05, 0) is 18.6 Å². The van der Waals surface area contributed by atoms with E-state index in [9.17, 15) is 14.4 Å². The highest BCUT2D eigenvalue weighted by molar-refractivity contribution is 5.94. The minimum atomic E-state index is -0.491. The molecule has 0 aromatic carbocycles. The van der Waals surface area contributed by atoms with Crippen molar-refractivity contribution in [1.29, 1.82) is 0 Å². The number of hydrogen-bond acceptors (Lipinski definition) is 5. The van der Waals surface area contributed by atoms with Gasteiger partial charge in [-0.25, -0.2) is 0 Å². The van der Waals surface area contributed by atoms with Crippen LogP contribution in [0.1, 0.15) is 16.8 Å². The Labute approximate surface area is 133 Å². The van der Waals surface area contributed by atoms with E-state index >= 15 is 0 Å². The van der Waals surface area contributed by atoms with Crippen LogP contribution < -0.4 is 10.9 Å². The molecule has 0 unspecified atom stereocenters. The van der Waals surface area contributed by atoms with Crippen LogP contribution in [0.3, 0.4) is 0 Å². The van der Waals surface area contributed by atoms with Crippen LogP contribution >= 0.6 is 0 Å². The van der Waals surface area contributed by atoms with Crippen LogP contribution in [0, 0.1) is 0 Å². The number of carbonyl (C=O) groups excluding carboxylic acids is 2. The average molecular weight is 323 g/mol. The lowest BCUT2D eigenvalue weighted by atomic mass is 10.1. The number of nitrogens with zero attached hydrogens (tertiary/aromatic N) is 1. The normalized spacial score (nSPS) is 20.8. The van der Waals surface area contributed by atoms with E-state index in [0.717, 1.165) is 0 Å². The fourth-order valence-electron chi connectivity index (χ4n) is 2.21. The monoisotopic (exact) mass is 323 g/mol. The Kier molecular flexibility index (Phi) is 5.89. The van der Waals surface area contributed by atoms with E-state index in [4.69, 9.17) is 9.47 Å². The van der Waals surface area contributed by atoms with E-state index in [0.29, 0.717) is 13.0 Å². The first-order valence-electron chi connectivity index (χ1n) is 7.37. The Morgan fingerprint density at radius 1 is 1.48 bits per heavy atom. The van der Waals surface area contributed by atoms with E-state index in [-0.39, 0.29) is 30.8 Å². The third-order valence-corrected chi connectivity index (χ3v) is 3.59. The number of aromatic nitrogens is 1. The molecule has 2 rings (SSSR count). The summed E-state index contributed by atoms with van der Waals surface area (Å²) in [6.45, 7) is 0.715. The van der Waals surface area contributed by atoms with Gasteiger partial charge in [-0.15, -0.1) is 0 Å². The van der Waals surface area contributed by atoms with E-state index in [2.05, 4.69) is 10.3 Å². The average Bonchev–Trinajstić information content (AvgIpc) is 2.54. The van der Waals surface area contributed by atoms with Crippen LogP contribution in [0.2, 0.25) is 0 Å². The quantitative estimate of drug-likeness (QED) is 0.751. The highest BCUT2D eigenvalue weighted by atomic mass is 16.5. The zero-order valence-corrected chi connectivity index (χ0v) is 13.2. The standard InChI is InChI=1S/C15H21N3O5/c1-18(2)13(19)9-23-12-5-7-22-8-11(12)17-15(21)10-4-3-6-16-14(10)20/h3-4,6,11-12H,5,7-9H2,1-2H3,(H,16,20)(H,17,21)/t11-,12+/m0/s1. The summed E-state index contributed by atoms with van der Waals surface area (Å²) in [5, 5.41) is 2.75. The molecule has 1 saturated heterocycles. The Hall–Kier alpha value is -2.19. The number of carbonyl (C=O) groups is 2. The molecule has 0 saturated carbocycles. The number of amides is 2. The number of ether oxygens (including phenoxy) is 2. The summed E-state index contributed by atoms with van der Waals surface area (Å²) in [6.07, 6.45) is 1.69. The van der Waals surface area contributed by atoms with Crippen LogP contribution in [0.25, 0.3) is 0 Å². The van der Waals surface area contributed by atoms with Crippen LogP contribution in [-0.2, 0) is 14.3 Å². The molecule has 23 heavy (non-hydrogen) atoms. The third-order valence-electron chi connectivity index (χ3n) is 3.59. The zero-order valence-electron chi connectivity index (χ0n) is 13.2. The molecule has 2 atom stereocenters. The first-order chi connectivity index (χ1) is 11.0. The first kappa shape index (κ1) is 17.2. The van der Waals surface area contributed by atoms with Gasteiger partial charge < -0.3 is 24.7 Å². The molecule has 2 heterocycles. The lowest BCUT2D eigenvalue weighted by Gasteiger charge is -2.32. The van der Waals surface area contributed by atoms with Crippen molar-refractivity contribution in [2.24, 2.45) is 0 Å². The topological polar surface area (TPSA) is 101 Å². The highest BCUT2D eigenvalue weighted by Crippen LogP contribution is 2.12. The van der Waals surface area contributed by atoms with Crippen LogP contribution in [0.5, 0.6) is 0 Å². The van der Waals surface area contributed by atoms with Crippen molar-refractivity contribution in [3.05, 3.63) is 34.2 Å². The van der Waals surface area contributed by atoms with Crippen molar-refractivity contribution in [2.75, 3.05) is 33.9 Å². The van der Waals surface area contributed by atoms with Gasteiger partial charge in [0, 0.05) is 26.9 Å². The Balaban J connectivity index is 1.98. The molecule has 0 aliphatic carbocycles. The maximum absolute atomic E-state index is 12.2. The Bertz CT molecular complexity index is 613. The van der Waals surface area contributed by atoms with Crippen molar-refractivity contribution in [3.63, 3.8) is 0 Å². The number of hydrogen-bond donors (Lipinski definition) is 2. The molecular formula is C15H21N3O5. The number of pyridine rings is 1.